The van der Waals surface area contributed by atoms with E-state index in [1.54, 1.807) is 0 Å². The van der Waals surface area contributed by atoms with Crippen LogP contribution in [0.4, 0.5) is 0 Å². The topological polar surface area (TPSA) is 32.5 Å². The third-order valence-corrected chi connectivity index (χ3v) is 6.25. The molecule has 4 unspecified atom stereocenters. The molecule has 20 heavy (non-hydrogen) atoms. The Morgan fingerprint density at radius 1 is 1.20 bits per heavy atom. The van der Waals surface area contributed by atoms with Gasteiger partial charge in [0.15, 0.2) is 0 Å². The highest BCUT2D eigenvalue weighted by Crippen LogP contribution is 2.40. The number of hydrogen-bond donors (Lipinski definition) is 1. The Morgan fingerprint density at radius 3 is 2.35 bits per heavy atom. The van der Waals surface area contributed by atoms with Crippen molar-refractivity contribution in [3.05, 3.63) is 0 Å². The van der Waals surface area contributed by atoms with Crippen molar-refractivity contribution in [3.63, 3.8) is 0 Å². The van der Waals surface area contributed by atoms with E-state index in [1.807, 2.05) is 0 Å². The van der Waals surface area contributed by atoms with Gasteiger partial charge in [-0.1, -0.05) is 20.8 Å². The first-order valence-corrected chi connectivity index (χ1v) is 8.72. The molecular formula is C17H35N3. The zero-order chi connectivity index (χ0) is 14.8. The molecule has 1 aliphatic heterocycles. The highest BCUT2D eigenvalue weighted by Gasteiger charge is 2.44. The minimum Gasteiger partial charge on any atom is -0.329 e. The molecule has 0 bridgehead atoms. The van der Waals surface area contributed by atoms with Gasteiger partial charge in [-0.25, -0.2) is 0 Å². The smallest absolute Gasteiger partial charge is 0.0358 e. The molecule has 0 aromatic carbocycles. The lowest BCUT2D eigenvalue weighted by atomic mass is 9.68. The molecule has 0 radical (unpaired) electrons. The molecule has 1 heterocycles. The molecule has 0 amide bonds. The Kier molecular flexibility index (Phi) is 5.49. The molecule has 118 valence electrons. The molecule has 0 spiro atoms. The van der Waals surface area contributed by atoms with Gasteiger partial charge >= 0.3 is 0 Å². The van der Waals surface area contributed by atoms with Crippen molar-refractivity contribution in [2.45, 2.75) is 65.0 Å². The van der Waals surface area contributed by atoms with Crippen LogP contribution in [-0.2, 0) is 0 Å². The van der Waals surface area contributed by atoms with Crippen LogP contribution in [-0.4, -0.2) is 54.1 Å². The van der Waals surface area contributed by atoms with Crippen LogP contribution in [0, 0.1) is 11.8 Å². The van der Waals surface area contributed by atoms with Gasteiger partial charge in [0.2, 0.25) is 0 Å². The monoisotopic (exact) mass is 281 g/mol. The van der Waals surface area contributed by atoms with Gasteiger partial charge in [0, 0.05) is 44.3 Å². The minimum absolute atomic E-state index is 0.286. The van der Waals surface area contributed by atoms with E-state index < -0.39 is 0 Å². The van der Waals surface area contributed by atoms with Crippen LogP contribution in [0.5, 0.6) is 0 Å². The second-order valence-corrected chi connectivity index (χ2v) is 7.37. The predicted molar refractivity (Wildman–Crippen MR) is 86.9 cm³/mol. The summed E-state index contributed by atoms with van der Waals surface area (Å²) in [7, 11) is 0. The van der Waals surface area contributed by atoms with Gasteiger partial charge in [0.1, 0.15) is 0 Å². The molecule has 3 heteroatoms. The number of nitrogens with zero attached hydrogens (tertiary/aromatic N) is 2. The lowest BCUT2D eigenvalue weighted by Crippen LogP contribution is -2.64. The van der Waals surface area contributed by atoms with E-state index in [0.29, 0.717) is 0 Å². The second kappa shape index (κ2) is 6.76. The lowest BCUT2D eigenvalue weighted by Gasteiger charge is -2.54. The summed E-state index contributed by atoms with van der Waals surface area (Å²) in [5.74, 6) is 1.62. The van der Waals surface area contributed by atoms with Crippen molar-refractivity contribution in [3.8, 4) is 0 Å². The summed E-state index contributed by atoms with van der Waals surface area (Å²) in [4.78, 5) is 5.39. The van der Waals surface area contributed by atoms with Gasteiger partial charge in [0.25, 0.3) is 0 Å². The molecule has 3 nitrogen and oxygen atoms in total. The summed E-state index contributed by atoms with van der Waals surface area (Å²) in [6.07, 6.45) is 5.26. The van der Waals surface area contributed by atoms with E-state index in [1.165, 1.54) is 51.9 Å². The van der Waals surface area contributed by atoms with E-state index in [4.69, 9.17) is 5.73 Å². The van der Waals surface area contributed by atoms with Crippen molar-refractivity contribution >= 4 is 0 Å². The van der Waals surface area contributed by atoms with Crippen LogP contribution >= 0.6 is 0 Å². The fourth-order valence-electron chi connectivity index (χ4n) is 4.45. The summed E-state index contributed by atoms with van der Waals surface area (Å²) in [6.45, 7) is 15.2. The Labute approximate surface area is 125 Å². The zero-order valence-corrected chi connectivity index (χ0v) is 14.1. The predicted octanol–water partition coefficient (Wildman–Crippen LogP) is 2.56. The molecule has 0 aromatic rings. The van der Waals surface area contributed by atoms with Gasteiger partial charge < -0.3 is 5.73 Å². The van der Waals surface area contributed by atoms with Crippen molar-refractivity contribution in [2.24, 2.45) is 17.6 Å². The maximum atomic E-state index is 6.27. The van der Waals surface area contributed by atoms with Gasteiger partial charge in [0.05, 0.1) is 0 Å². The van der Waals surface area contributed by atoms with Crippen LogP contribution in [0.2, 0.25) is 0 Å². The highest BCUT2D eigenvalue weighted by molar-refractivity contribution is 5.01. The van der Waals surface area contributed by atoms with Gasteiger partial charge in [-0.15, -0.1) is 0 Å². The fourth-order valence-corrected chi connectivity index (χ4v) is 4.45. The molecule has 2 fully saturated rings. The molecule has 4 atom stereocenters. The van der Waals surface area contributed by atoms with Crippen molar-refractivity contribution < 1.29 is 0 Å². The van der Waals surface area contributed by atoms with E-state index >= 15 is 0 Å². The van der Waals surface area contributed by atoms with E-state index in [2.05, 4.69) is 37.5 Å². The number of hydrogen-bond acceptors (Lipinski definition) is 3. The highest BCUT2D eigenvalue weighted by atomic mass is 15.3. The summed E-state index contributed by atoms with van der Waals surface area (Å²) < 4.78 is 0. The average molecular weight is 281 g/mol. The zero-order valence-electron chi connectivity index (χ0n) is 14.1. The van der Waals surface area contributed by atoms with Crippen LogP contribution in [0.15, 0.2) is 0 Å². The maximum Gasteiger partial charge on any atom is 0.0358 e. The first kappa shape index (κ1) is 16.3. The number of piperazine rings is 1. The van der Waals surface area contributed by atoms with Gasteiger partial charge in [-0.3, -0.25) is 9.80 Å². The normalized spacial score (nSPS) is 38.9. The van der Waals surface area contributed by atoms with Crippen LogP contribution in [0.1, 0.15) is 53.4 Å². The van der Waals surface area contributed by atoms with Gasteiger partial charge in [-0.05, 0) is 44.4 Å². The number of nitrogens with two attached hydrogens (primary N) is 1. The van der Waals surface area contributed by atoms with E-state index in [-0.39, 0.29) is 5.54 Å². The SMILES string of the molecule is CCC(C)N1CCN(C2(CN)CCC(C)CC2C)CC1. The largest absolute Gasteiger partial charge is 0.329 e. The molecule has 1 saturated heterocycles. The third kappa shape index (κ3) is 3.05. The molecule has 2 rings (SSSR count). The molecule has 2 aliphatic rings. The molecule has 0 aromatic heterocycles. The lowest BCUT2D eigenvalue weighted by molar-refractivity contribution is -0.0349. The minimum atomic E-state index is 0.286. The first-order chi connectivity index (χ1) is 9.53. The van der Waals surface area contributed by atoms with E-state index in [0.717, 1.165) is 24.4 Å². The first-order valence-electron chi connectivity index (χ1n) is 8.72. The Bertz CT molecular complexity index is 299. The van der Waals surface area contributed by atoms with Crippen LogP contribution in [0.3, 0.4) is 0 Å². The molecule has 1 aliphatic carbocycles. The summed E-state index contributed by atoms with van der Waals surface area (Å²) in [6, 6.07) is 0.731. The molecule has 1 saturated carbocycles. The van der Waals surface area contributed by atoms with E-state index in [9.17, 15) is 0 Å². The molecular weight excluding hydrogens is 246 g/mol. The fraction of sp³-hybridized carbons (Fsp3) is 1.00. The average Bonchev–Trinajstić information content (AvgIpc) is 2.47. The Morgan fingerprint density at radius 2 is 1.85 bits per heavy atom. The summed E-state index contributed by atoms with van der Waals surface area (Å²) in [5, 5.41) is 0. The van der Waals surface area contributed by atoms with Crippen LogP contribution in [0.25, 0.3) is 0 Å². The second-order valence-electron chi connectivity index (χ2n) is 7.37. The number of rotatable bonds is 4. The van der Waals surface area contributed by atoms with Crippen molar-refractivity contribution in [1.82, 2.24) is 9.80 Å². The molecule has 2 N–H and O–H groups in total. The van der Waals surface area contributed by atoms with Crippen molar-refractivity contribution in [1.29, 1.82) is 0 Å². The summed E-state index contributed by atoms with van der Waals surface area (Å²) in [5.41, 5.74) is 6.56. The maximum absolute atomic E-state index is 6.27. The standard InChI is InChI=1S/C17H35N3/c1-5-16(4)19-8-10-20(11-9-19)17(13-18)7-6-14(2)12-15(17)3/h14-16H,5-13,18H2,1-4H3. The van der Waals surface area contributed by atoms with Crippen molar-refractivity contribution in [2.75, 3.05) is 32.7 Å². The Hall–Kier alpha value is -0.120. The Balaban J connectivity index is 2.00. The van der Waals surface area contributed by atoms with Gasteiger partial charge in [-0.2, -0.15) is 0 Å². The quantitative estimate of drug-likeness (QED) is 0.859. The summed E-state index contributed by atoms with van der Waals surface area (Å²) >= 11 is 0. The third-order valence-electron chi connectivity index (χ3n) is 6.25. The van der Waals surface area contributed by atoms with Crippen LogP contribution < -0.4 is 5.73 Å².